The Kier molecular flexibility index (Phi) is 4.39. The van der Waals surface area contributed by atoms with Crippen LogP contribution in [0, 0.1) is 5.82 Å². The van der Waals surface area contributed by atoms with Crippen LogP contribution >= 0.6 is 23.2 Å². The highest BCUT2D eigenvalue weighted by atomic mass is 35.5. The van der Waals surface area contributed by atoms with E-state index in [2.05, 4.69) is 11.9 Å². The van der Waals surface area contributed by atoms with Crippen molar-refractivity contribution in [1.82, 2.24) is 5.32 Å². The van der Waals surface area contributed by atoms with Gasteiger partial charge in [0, 0.05) is 18.1 Å². The van der Waals surface area contributed by atoms with Gasteiger partial charge >= 0.3 is 0 Å². The SMILES string of the molecule is C=C(Cl)CNCc1cccc(F)c1Cl. The topological polar surface area (TPSA) is 12.0 Å². The predicted octanol–water partition coefficient (Wildman–Crippen LogP) is 3.32. The fourth-order valence-electron chi connectivity index (χ4n) is 1.02. The summed E-state index contributed by atoms with van der Waals surface area (Å²) in [4.78, 5) is 0. The quantitative estimate of drug-likeness (QED) is 0.842. The highest BCUT2D eigenvalue weighted by molar-refractivity contribution is 6.31. The third-order valence-electron chi connectivity index (χ3n) is 1.66. The van der Waals surface area contributed by atoms with Crippen LogP contribution in [0.5, 0.6) is 0 Å². The van der Waals surface area contributed by atoms with Gasteiger partial charge in [-0.05, 0) is 11.6 Å². The van der Waals surface area contributed by atoms with Gasteiger partial charge in [0.15, 0.2) is 0 Å². The number of hydrogen-bond donors (Lipinski definition) is 1. The number of halogens is 3. The Morgan fingerprint density at radius 3 is 2.86 bits per heavy atom. The van der Waals surface area contributed by atoms with Crippen molar-refractivity contribution in [2.24, 2.45) is 0 Å². The third kappa shape index (κ3) is 3.29. The normalized spacial score (nSPS) is 10.2. The first-order valence-electron chi connectivity index (χ1n) is 4.08. The molecule has 0 aromatic heterocycles. The maximum absolute atomic E-state index is 13.0. The first-order chi connectivity index (χ1) is 6.61. The summed E-state index contributed by atoms with van der Waals surface area (Å²) in [7, 11) is 0. The molecule has 1 N–H and O–H groups in total. The fraction of sp³-hybridized carbons (Fsp3) is 0.200. The van der Waals surface area contributed by atoms with Crippen LogP contribution in [0.2, 0.25) is 5.02 Å². The van der Waals surface area contributed by atoms with Gasteiger partial charge in [-0.25, -0.2) is 4.39 Å². The smallest absolute Gasteiger partial charge is 0.142 e. The highest BCUT2D eigenvalue weighted by Gasteiger charge is 2.04. The van der Waals surface area contributed by atoms with Gasteiger partial charge in [-0.1, -0.05) is 41.9 Å². The Hall–Kier alpha value is -0.570. The van der Waals surface area contributed by atoms with Crippen molar-refractivity contribution in [1.29, 1.82) is 0 Å². The second-order valence-electron chi connectivity index (χ2n) is 2.83. The van der Waals surface area contributed by atoms with E-state index in [1.165, 1.54) is 6.07 Å². The molecular weight excluding hydrogens is 224 g/mol. The molecule has 0 heterocycles. The summed E-state index contributed by atoms with van der Waals surface area (Å²) in [5.74, 6) is -0.407. The van der Waals surface area contributed by atoms with Crippen LogP contribution in [-0.4, -0.2) is 6.54 Å². The predicted molar refractivity (Wildman–Crippen MR) is 58.1 cm³/mol. The average molecular weight is 234 g/mol. The first-order valence-corrected chi connectivity index (χ1v) is 4.83. The zero-order chi connectivity index (χ0) is 10.6. The van der Waals surface area contributed by atoms with Crippen molar-refractivity contribution < 1.29 is 4.39 Å². The lowest BCUT2D eigenvalue weighted by molar-refractivity contribution is 0.623. The first kappa shape index (κ1) is 11.5. The van der Waals surface area contributed by atoms with Crippen LogP contribution in [0.25, 0.3) is 0 Å². The summed E-state index contributed by atoms with van der Waals surface area (Å²) in [5, 5.41) is 3.65. The van der Waals surface area contributed by atoms with Gasteiger partial charge in [-0.2, -0.15) is 0 Å². The molecule has 14 heavy (non-hydrogen) atoms. The summed E-state index contributed by atoms with van der Waals surface area (Å²) in [6, 6.07) is 4.70. The molecule has 76 valence electrons. The zero-order valence-electron chi connectivity index (χ0n) is 7.49. The summed E-state index contributed by atoms with van der Waals surface area (Å²) in [6.07, 6.45) is 0. The lowest BCUT2D eigenvalue weighted by Crippen LogP contribution is -2.14. The maximum atomic E-state index is 13.0. The second-order valence-corrected chi connectivity index (χ2v) is 3.75. The highest BCUT2D eigenvalue weighted by Crippen LogP contribution is 2.19. The summed E-state index contributed by atoms with van der Waals surface area (Å²) in [6.45, 7) is 4.48. The molecule has 1 aromatic carbocycles. The lowest BCUT2D eigenvalue weighted by Gasteiger charge is -2.05. The Morgan fingerprint density at radius 2 is 2.21 bits per heavy atom. The van der Waals surface area contributed by atoms with Crippen LogP contribution < -0.4 is 5.32 Å². The van der Waals surface area contributed by atoms with E-state index < -0.39 is 5.82 Å². The van der Waals surface area contributed by atoms with Crippen molar-refractivity contribution in [3.8, 4) is 0 Å². The van der Waals surface area contributed by atoms with Crippen LogP contribution in [-0.2, 0) is 6.54 Å². The third-order valence-corrected chi connectivity index (χ3v) is 2.22. The van der Waals surface area contributed by atoms with Crippen LogP contribution in [0.1, 0.15) is 5.56 Å². The molecule has 1 nitrogen and oxygen atoms in total. The fourth-order valence-corrected chi connectivity index (χ4v) is 1.31. The Morgan fingerprint density at radius 1 is 1.50 bits per heavy atom. The van der Waals surface area contributed by atoms with Crippen molar-refractivity contribution in [3.63, 3.8) is 0 Å². The van der Waals surface area contributed by atoms with Gasteiger partial charge in [-0.15, -0.1) is 0 Å². The van der Waals surface area contributed by atoms with E-state index in [-0.39, 0.29) is 5.02 Å². The van der Waals surface area contributed by atoms with E-state index in [0.717, 1.165) is 0 Å². The van der Waals surface area contributed by atoms with Gasteiger partial charge < -0.3 is 5.32 Å². The minimum absolute atomic E-state index is 0.153. The summed E-state index contributed by atoms with van der Waals surface area (Å²) < 4.78 is 13.0. The number of nitrogens with one attached hydrogen (secondary N) is 1. The van der Waals surface area contributed by atoms with Crippen LogP contribution in [0.15, 0.2) is 29.8 Å². The molecule has 1 aromatic rings. The second kappa shape index (κ2) is 5.35. The largest absolute Gasteiger partial charge is 0.308 e. The number of hydrogen-bond acceptors (Lipinski definition) is 1. The summed E-state index contributed by atoms with van der Waals surface area (Å²) >= 11 is 11.3. The minimum atomic E-state index is -0.407. The molecule has 0 unspecified atom stereocenters. The molecule has 1 rings (SSSR count). The zero-order valence-corrected chi connectivity index (χ0v) is 9.00. The maximum Gasteiger partial charge on any atom is 0.142 e. The monoisotopic (exact) mass is 233 g/mol. The number of benzene rings is 1. The minimum Gasteiger partial charge on any atom is -0.308 e. The van der Waals surface area contributed by atoms with E-state index >= 15 is 0 Å². The lowest BCUT2D eigenvalue weighted by atomic mass is 10.2. The van der Waals surface area contributed by atoms with E-state index in [1.807, 2.05) is 0 Å². The Balaban J connectivity index is 2.59. The molecule has 0 radical (unpaired) electrons. The van der Waals surface area contributed by atoms with Gasteiger partial charge in [0.1, 0.15) is 5.82 Å². The Bertz CT molecular complexity index is 339. The van der Waals surface area contributed by atoms with Crippen molar-refractivity contribution in [2.75, 3.05) is 6.54 Å². The Labute approximate surface area is 92.5 Å². The van der Waals surface area contributed by atoms with Crippen LogP contribution in [0.4, 0.5) is 4.39 Å². The van der Waals surface area contributed by atoms with Crippen LogP contribution in [0.3, 0.4) is 0 Å². The van der Waals surface area contributed by atoms with E-state index in [1.54, 1.807) is 12.1 Å². The molecule has 0 atom stereocenters. The molecule has 0 bridgehead atoms. The average Bonchev–Trinajstić information content (AvgIpc) is 2.12. The molecule has 0 spiro atoms. The molecule has 0 saturated heterocycles. The van der Waals surface area contributed by atoms with E-state index in [0.29, 0.717) is 23.7 Å². The van der Waals surface area contributed by atoms with Gasteiger partial charge in [0.2, 0.25) is 0 Å². The van der Waals surface area contributed by atoms with E-state index in [9.17, 15) is 4.39 Å². The van der Waals surface area contributed by atoms with Crippen molar-refractivity contribution in [2.45, 2.75) is 6.54 Å². The molecule has 0 fully saturated rings. The molecule has 0 saturated carbocycles. The van der Waals surface area contributed by atoms with Gasteiger partial charge in [-0.3, -0.25) is 0 Å². The summed E-state index contributed by atoms with van der Waals surface area (Å²) in [5.41, 5.74) is 0.713. The van der Waals surface area contributed by atoms with Crippen molar-refractivity contribution in [3.05, 3.63) is 46.2 Å². The van der Waals surface area contributed by atoms with E-state index in [4.69, 9.17) is 23.2 Å². The molecule has 0 amide bonds. The molecular formula is C10H10Cl2FN. The van der Waals surface area contributed by atoms with Gasteiger partial charge in [0.05, 0.1) is 5.02 Å². The number of rotatable bonds is 4. The van der Waals surface area contributed by atoms with Gasteiger partial charge in [0.25, 0.3) is 0 Å². The van der Waals surface area contributed by atoms with Crippen molar-refractivity contribution >= 4 is 23.2 Å². The molecule has 0 aliphatic carbocycles. The standard InChI is InChI=1S/C10H10Cl2FN/c1-7(11)5-14-6-8-3-2-4-9(13)10(8)12/h2-4,14H,1,5-6H2. The molecule has 0 aliphatic heterocycles. The molecule has 0 aliphatic rings. The molecule has 4 heteroatoms.